The number of rotatable bonds is 3. The molecule has 0 aromatic heterocycles. The van der Waals surface area contributed by atoms with E-state index in [0.717, 1.165) is 9.13 Å². The number of thiol groups is 1. The minimum atomic E-state index is -0.289. The maximum atomic E-state index is 11.3. The van der Waals surface area contributed by atoms with Crippen molar-refractivity contribution in [1.29, 1.82) is 5.26 Å². The minimum Gasteiger partial charge on any atom is -0.466 e. The van der Waals surface area contributed by atoms with Crippen molar-refractivity contribution in [3.63, 3.8) is 0 Å². The number of benzene rings is 1. The van der Waals surface area contributed by atoms with Gasteiger partial charge in [-0.1, -0.05) is 0 Å². The summed E-state index contributed by atoms with van der Waals surface area (Å²) in [6.07, 6.45) is 0.176. The standard InChI is InChI=1S/C11H10INO2S/c1-2-15-10(14)5-8-3-7(6-13)4-9(16)11(8)12/h3-4,16H,2,5H2,1H3. The minimum absolute atomic E-state index is 0.176. The Morgan fingerprint density at radius 1 is 1.62 bits per heavy atom. The van der Waals surface area contributed by atoms with Gasteiger partial charge in [-0.25, -0.2) is 0 Å². The van der Waals surface area contributed by atoms with Crippen LogP contribution in [0.2, 0.25) is 0 Å². The van der Waals surface area contributed by atoms with Gasteiger partial charge in [0.2, 0.25) is 0 Å². The predicted octanol–water partition coefficient (Wildman–Crippen LogP) is 2.56. The van der Waals surface area contributed by atoms with E-state index in [-0.39, 0.29) is 12.4 Å². The van der Waals surface area contributed by atoms with Crippen LogP contribution in [0.4, 0.5) is 0 Å². The molecule has 0 aliphatic rings. The summed E-state index contributed by atoms with van der Waals surface area (Å²) in [6.45, 7) is 2.12. The van der Waals surface area contributed by atoms with Crippen molar-refractivity contribution < 1.29 is 9.53 Å². The molecule has 0 saturated carbocycles. The van der Waals surface area contributed by atoms with Gasteiger partial charge in [-0.15, -0.1) is 12.6 Å². The van der Waals surface area contributed by atoms with Gasteiger partial charge in [0.1, 0.15) is 0 Å². The molecule has 0 N–H and O–H groups in total. The molecule has 0 amide bonds. The lowest BCUT2D eigenvalue weighted by molar-refractivity contribution is -0.142. The fourth-order valence-electron chi connectivity index (χ4n) is 1.23. The van der Waals surface area contributed by atoms with Crippen LogP contribution in [0.5, 0.6) is 0 Å². The number of esters is 1. The van der Waals surface area contributed by atoms with E-state index in [9.17, 15) is 4.79 Å². The molecule has 0 atom stereocenters. The smallest absolute Gasteiger partial charge is 0.310 e. The second kappa shape index (κ2) is 6.11. The first kappa shape index (κ1) is 13.3. The summed E-state index contributed by atoms with van der Waals surface area (Å²) in [5.74, 6) is -0.289. The highest BCUT2D eigenvalue weighted by molar-refractivity contribution is 14.1. The van der Waals surface area contributed by atoms with Crippen LogP contribution in [0.3, 0.4) is 0 Å². The normalized spacial score (nSPS) is 9.62. The van der Waals surface area contributed by atoms with Crippen LogP contribution in [0.25, 0.3) is 0 Å². The maximum Gasteiger partial charge on any atom is 0.310 e. The number of nitriles is 1. The summed E-state index contributed by atoms with van der Waals surface area (Å²) in [5.41, 5.74) is 1.29. The Morgan fingerprint density at radius 3 is 2.88 bits per heavy atom. The lowest BCUT2D eigenvalue weighted by Gasteiger charge is -2.07. The number of hydrogen-bond donors (Lipinski definition) is 1. The molecule has 3 nitrogen and oxygen atoms in total. The van der Waals surface area contributed by atoms with Crippen molar-refractivity contribution >= 4 is 41.2 Å². The zero-order chi connectivity index (χ0) is 12.1. The third-order valence-electron chi connectivity index (χ3n) is 1.90. The van der Waals surface area contributed by atoms with Gasteiger partial charge in [-0.2, -0.15) is 5.26 Å². The molecule has 0 bridgehead atoms. The second-order valence-corrected chi connectivity index (χ2v) is 4.62. The Hall–Kier alpha value is -0.740. The number of carbonyl (C=O) groups excluding carboxylic acids is 1. The molecular weight excluding hydrogens is 337 g/mol. The summed E-state index contributed by atoms with van der Waals surface area (Å²) in [5, 5.41) is 8.81. The molecule has 0 saturated heterocycles. The van der Waals surface area contributed by atoms with Gasteiger partial charge < -0.3 is 4.74 Å². The van der Waals surface area contributed by atoms with Gasteiger partial charge in [0.25, 0.3) is 0 Å². The highest BCUT2D eigenvalue weighted by Gasteiger charge is 2.11. The summed E-state index contributed by atoms with van der Waals surface area (Å²) in [4.78, 5) is 12.0. The maximum absolute atomic E-state index is 11.3. The Bertz CT molecular complexity index is 454. The van der Waals surface area contributed by atoms with Crippen LogP contribution in [-0.2, 0) is 16.0 Å². The molecule has 0 heterocycles. The largest absolute Gasteiger partial charge is 0.466 e. The highest BCUT2D eigenvalue weighted by Crippen LogP contribution is 2.23. The number of hydrogen-bond acceptors (Lipinski definition) is 4. The van der Waals surface area contributed by atoms with Crippen molar-refractivity contribution in [2.75, 3.05) is 6.61 Å². The monoisotopic (exact) mass is 347 g/mol. The Labute approximate surface area is 113 Å². The lowest BCUT2D eigenvalue weighted by atomic mass is 10.1. The van der Waals surface area contributed by atoms with Crippen molar-refractivity contribution in [3.8, 4) is 6.07 Å². The predicted molar refractivity (Wildman–Crippen MR) is 71.5 cm³/mol. The second-order valence-electron chi connectivity index (χ2n) is 3.06. The first-order valence-corrected chi connectivity index (χ1v) is 6.18. The Balaban J connectivity index is 3.00. The molecule has 5 heteroatoms. The van der Waals surface area contributed by atoms with Gasteiger partial charge in [-0.05, 0) is 47.2 Å². The third-order valence-corrected chi connectivity index (χ3v) is 3.95. The Kier molecular flexibility index (Phi) is 5.09. The van der Waals surface area contributed by atoms with Crippen molar-refractivity contribution in [2.24, 2.45) is 0 Å². The van der Waals surface area contributed by atoms with E-state index in [1.807, 2.05) is 6.07 Å². The van der Waals surface area contributed by atoms with Crippen molar-refractivity contribution in [2.45, 2.75) is 18.2 Å². The van der Waals surface area contributed by atoms with E-state index < -0.39 is 0 Å². The van der Waals surface area contributed by atoms with Crippen LogP contribution in [0.15, 0.2) is 17.0 Å². The molecule has 1 aromatic rings. The van der Waals surface area contributed by atoms with E-state index in [1.165, 1.54) is 0 Å². The summed E-state index contributed by atoms with van der Waals surface area (Å²) >= 11 is 6.36. The van der Waals surface area contributed by atoms with Gasteiger partial charge in [-0.3, -0.25) is 4.79 Å². The van der Waals surface area contributed by atoms with Crippen LogP contribution in [0.1, 0.15) is 18.1 Å². The van der Waals surface area contributed by atoms with Gasteiger partial charge in [0, 0.05) is 8.47 Å². The van der Waals surface area contributed by atoms with Crippen LogP contribution in [-0.4, -0.2) is 12.6 Å². The van der Waals surface area contributed by atoms with Gasteiger partial charge in [0.05, 0.1) is 24.7 Å². The van der Waals surface area contributed by atoms with E-state index in [1.54, 1.807) is 19.1 Å². The first-order valence-electron chi connectivity index (χ1n) is 4.65. The number of halogens is 1. The average molecular weight is 347 g/mol. The molecule has 0 unspecified atom stereocenters. The molecule has 0 radical (unpaired) electrons. The molecule has 1 rings (SSSR count). The Morgan fingerprint density at radius 2 is 2.31 bits per heavy atom. The molecule has 16 heavy (non-hydrogen) atoms. The summed E-state index contributed by atoms with van der Waals surface area (Å²) in [6, 6.07) is 5.41. The quantitative estimate of drug-likeness (QED) is 0.519. The van der Waals surface area contributed by atoms with E-state index in [2.05, 4.69) is 35.2 Å². The fourth-order valence-corrected chi connectivity index (χ4v) is 2.01. The molecule has 0 fully saturated rings. The fraction of sp³-hybridized carbons (Fsp3) is 0.273. The average Bonchev–Trinajstić information content (AvgIpc) is 2.24. The molecule has 0 aliphatic carbocycles. The molecule has 1 aromatic carbocycles. The zero-order valence-electron chi connectivity index (χ0n) is 8.66. The van der Waals surface area contributed by atoms with Crippen LogP contribution >= 0.6 is 35.2 Å². The molecule has 0 spiro atoms. The van der Waals surface area contributed by atoms with E-state index in [0.29, 0.717) is 17.1 Å². The topological polar surface area (TPSA) is 50.1 Å². The van der Waals surface area contributed by atoms with Gasteiger partial charge in [0.15, 0.2) is 0 Å². The summed E-state index contributed by atoms with van der Waals surface area (Å²) in [7, 11) is 0. The highest BCUT2D eigenvalue weighted by atomic mass is 127. The number of ether oxygens (including phenoxy) is 1. The van der Waals surface area contributed by atoms with Gasteiger partial charge >= 0.3 is 5.97 Å². The molecular formula is C11H10INO2S. The molecule has 0 aliphatic heterocycles. The lowest BCUT2D eigenvalue weighted by Crippen LogP contribution is -2.09. The number of carbonyl (C=O) groups is 1. The van der Waals surface area contributed by atoms with Crippen LogP contribution < -0.4 is 0 Å². The van der Waals surface area contributed by atoms with Crippen LogP contribution in [0, 0.1) is 14.9 Å². The zero-order valence-corrected chi connectivity index (χ0v) is 11.7. The van der Waals surface area contributed by atoms with E-state index in [4.69, 9.17) is 10.00 Å². The van der Waals surface area contributed by atoms with Crippen molar-refractivity contribution in [3.05, 3.63) is 26.8 Å². The number of nitrogens with zero attached hydrogens (tertiary/aromatic N) is 1. The summed E-state index contributed by atoms with van der Waals surface area (Å²) < 4.78 is 5.75. The molecule has 84 valence electrons. The SMILES string of the molecule is CCOC(=O)Cc1cc(C#N)cc(S)c1I. The first-order chi connectivity index (χ1) is 7.58. The third kappa shape index (κ3) is 3.39. The van der Waals surface area contributed by atoms with Crippen molar-refractivity contribution in [1.82, 2.24) is 0 Å². The van der Waals surface area contributed by atoms with E-state index >= 15 is 0 Å².